The molecule has 0 fully saturated rings. The maximum Gasteiger partial charge on any atom is 0.266 e. The van der Waals surface area contributed by atoms with Crippen LogP contribution in [0.1, 0.15) is 23.6 Å². The molecule has 0 heterocycles. The Labute approximate surface area is 215 Å². The van der Waals surface area contributed by atoms with Crippen LogP contribution in [0.5, 0.6) is 11.5 Å². The number of aryl methyl sites for hydroxylation is 1. The van der Waals surface area contributed by atoms with Gasteiger partial charge in [-0.2, -0.15) is 5.26 Å². The number of benzene rings is 3. The van der Waals surface area contributed by atoms with Crippen LogP contribution < -0.4 is 20.1 Å². The molecule has 0 spiro atoms. The van der Waals surface area contributed by atoms with Gasteiger partial charge in [-0.3, -0.25) is 9.59 Å². The second-order valence-electron chi connectivity index (χ2n) is 7.84. The van der Waals surface area contributed by atoms with Crippen LogP contribution in [0.2, 0.25) is 5.02 Å². The summed E-state index contributed by atoms with van der Waals surface area (Å²) in [6.45, 7) is 5.72. The van der Waals surface area contributed by atoms with Crippen LogP contribution in [-0.2, 0) is 9.59 Å². The zero-order valence-electron chi connectivity index (χ0n) is 20.2. The lowest BCUT2D eigenvalue weighted by Crippen LogP contribution is -2.21. The summed E-state index contributed by atoms with van der Waals surface area (Å²) in [5, 5.41) is 15.2. The Morgan fingerprint density at radius 3 is 2.47 bits per heavy atom. The number of anilines is 2. The predicted octanol–water partition coefficient (Wildman–Crippen LogP) is 5.92. The molecule has 2 N–H and O–H groups in total. The van der Waals surface area contributed by atoms with Gasteiger partial charge in [-0.25, -0.2) is 0 Å². The van der Waals surface area contributed by atoms with Crippen LogP contribution in [0.3, 0.4) is 0 Å². The van der Waals surface area contributed by atoms with E-state index in [1.165, 1.54) is 12.1 Å². The predicted molar refractivity (Wildman–Crippen MR) is 141 cm³/mol. The Hall–Kier alpha value is -4.28. The fourth-order valence-electron chi connectivity index (χ4n) is 3.32. The molecule has 184 valence electrons. The average molecular weight is 504 g/mol. The van der Waals surface area contributed by atoms with Crippen LogP contribution in [-0.4, -0.2) is 25.0 Å². The summed E-state index contributed by atoms with van der Waals surface area (Å²) in [4.78, 5) is 25.0. The molecule has 0 aliphatic carbocycles. The highest BCUT2D eigenvalue weighted by atomic mass is 35.5. The molecular weight excluding hydrogens is 478 g/mol. The van der Waals surface area contributed by atoms with Gasteiger partial charge in [0.1, 0.15) is 11.6 Å². The van der Waals surface area contributed by atoms with Gasteiger partial charge < -0.3 is 20.1 Å². The molecule has 0 aliphatic heterocycles. The number of halogens is 1. The number of carbonyl (C=O) groups excluding carboxylic acids is 2. The maximum absolute atomic E-state index is 12.5. The lowest BCUT2D eigenvalue weighted by molar-refractivity contribution is -0.118. The fraction of sp³-hybridized carbons (Fsp3) is 0.179. The molecule has 3 aromatic carbocycles. The first-order valence-corrected chi connectivity index (χ1v) is 11.6. The summed E-state index contributed by atoms with van der Waals surface area (Å²) >= 11 is 6.45. The van der Waals surface area contributed by atoms with Gasteiger partial charge >= 0.3 is 0 Å². The van der Waals surface area contributed by atoms with Crippen molar-refractivity contribution in [2.45, 2.75) is 20.8 Å². The molecule has 0 aromatic heterocycles. The summed E-state index contributed by atoms with van der Waals surface area (Å²) in [7, 11) is 0. The van der Waals surface area contributed by atoms with Crippen molar-refractivity contribution in [3.05, 3.63) is 87.9 Å². The Morgan fingerprint density at radius 1 is 1.03 bits per heavy atom. The molecule has 0 atom stereocenters. The van der Waals surface area contributed by atoms with E-state index < -0.39 is 5.91 Å². The minimum Gasteiger partial charge on any atom is -0.490 e. The van der Waals surface area contributed by atoms with E-state index in [0.717, 1.165) is 11.1 Å². The van der Waals surface area contributed by atoms with Crippen LogP contribution in [0.15, 0.2) is 66.2 Å². The Morgan fingerprint density at radius 2 is 1.78 bits per heavy atom. The van der Waals surface area contributed by atoms with E-state index in [9.17, 15) is 14.9 Å². The highest BCUT2D eigenvalue weighted by Crippen LogP contribution is 2.37. The SMILES string of the molecule is CCOc1cc(/C=C(\C#N)C(=O)Nc2ccccc2)cc(Cl)c1OCC(=O)Nc1cccc(C)c1C. The maximum atomic E-state index is 12.5. The standard InChI is InChI=1S/C28H26ClN3O4/c1-4-35-25-15-20(13-21(16-30)28(34)31-22-10-6-5-7-11-22)14-23(29)27(25)36-17-26(33)32-24-12-8-9-18(2)19(24)3/h5-15H,4,17H2,1-3H3,(H,31,34)(H,32,33)/b21-13+. The molecular formula is C28H26ClN3O4. The zero-order chi connectivity index (χ0) is 26.1. The van der Waals surface area contributed by atoms with Crippen molar-refractivity contribution in [3.8, 4) is 17.6 Å². The van der Waals surface area contributed by atoms with E-state index >= 15 is 0 Å². The Kier molecular flexibility index (Phi) is 9.09. The van der Waals surface area contributed by atoms with Gasteiger partial charge in [0.25, 0.3) is 11.8 Å². The van der Waals surface area contributed by atoms with Gasteiger partial charge in [-0.05, 0) is 73.9 Å². The van der Waals surface area contributed by atoms with Crippen LogP contribution in [0.25, 0.3) is 6.08 Å². The molecule has 7 nitrogen and oxygen atoms in total. The van der Waals surface area contributed by atoms with Gasteiger partial charge in [0.05, 0.1) is 11.6 Å². The molecule has 0 radical (unpaired) electrons. The summed E-state index contributed by atoms with van der Waals surface area (Å²) < 4.78 is 11.4. The summed E-state index contributed by atoms with van der Waals surface area (Å²) in [5.74, 6) is -0.424. The van der Waals surface area contributed by atoms with Crippen molar-refractivity contribution in [1.29, 1.82) is 5.26 Å². The molecule has 0 saturated carbocycles. The Bertz CT molecular complexity index is 1330. The van der Waals surface area contributed by atoms with Crippen LogP contribution in [0, 0.1) is 25.2 Å². The quantitative estimate of drug-likeness (QED) is 0.279. The smallest absolute Gasteiger partial charge is 0.266 e. The first-order chi connectivity index (χ1) is 17.3. The summed E-state index contributed by atoms with van der Waals surface area (Å²) in [6.07, 6.45) is 1.41. The van der Waals surface area contributed by atoms with Crippen molar-refractivity contribution in [2.24, 2.45) is 0 Å². The number of hydrogen-bond acceptors (Lipinski definition) is 5. The van der Waals surface area contributed by atoms with E-state index in [1.54, 1.807) is 37.3 Å². The van der Waals surface area contributed by atoms with E-state index in [0.29, 0.717) is 23.5 Å². The van der Waals surface area contributed by atoms with Crippen LogP contribution in [0.4, 0.5) is 11.4 Å². The first kappa shape index (κ1) is 26.3. The fourth-order valence-corrected chi connectivity index (χ4v) is 3.59. The normalized spacial score (nSPS) is 10.8. The number of nitriles is 1. The lowest BCUT2D eigenvalue weighted by atomic mass is 10.1. The number of amides is 2. The summed E-state index contributed by atoms with van der Waals surface area (Å²) in [5.41, 5.74) is 3.67. The average Bonchev–Trinajstić information content (AvgIpc) is 2.85. The van der Waals surface area contributed by atoms with Crippen molar-refractivity contribution in [3.63, 3.8) is 0 Å². The third kappa shape index (κ3) is 6.87. The molecule has 36 heavy (non-hydrogen) atoms. The van der Waals surface area contributed by atoms with Crippen molar-refractivity contribution in [1.82, 2.24) is 0 Å². The first-order valence-electron chi connectivity index (χ1n) is 11.3. The van der Waals surface area contributed by atoms with Crippen molar-refractivity contribution in [2.75, 3.05) is 23.8 Å². The molecule has 0 aliphatic rings. The van der Waals surface area contributed by atoms with Gasteiger partial charge in [-0.15, -0.1) is 0 Å². The molecule has 3 rings (SSSR count). The third-order valence-corrected chi connectivity index (χ3v) is 5.55. The monoisotopic (exact) mass is 503 g/mol. The molecule has 3 aromatic rings. The second-order valence-corrected chi connectivity index (χ2v) is 8.24. The highest BCUT2D eigenvalue weighted by molar-refractivity contribution is 6.32. The van der Waals surface area contributed by atoms with E-state index in [1.807, 2.05) is 44.2 Å². The largest absolute Gasteiger partial charge is 0.490 e. The highest BCUT2D eigenvalue weighted by Gasteiger charge is 2.16. The van der Waals surface area contributed by atoms with Crippen molar-refractivity contribution >= 4 is 40.9 Å². The van der Waals surface area contributed by atoms with Gasteiger partial charge in [0, 0.05) is 11.4 Å². The number of hydrogen-bond donors (Lipinski definition) is 2. The summed E-state index contributed by atoms with van der Waals surface area (Å²) in [6, 6.07) is 19.5. The minimum absolute atomic E-state index is 0.112. The number of ether oxygens (including phenoxy) is 2. The number of rotatable bonds is 9. The topological polar surface area (TPSA) is 100 Å². The van der Waals surface area contributed by atoms with Crippen LogP contribution >= 0.6 is 11.6 Å². The van der Waals surface area contributed by atoms with Gasteiger partial charge in [0.15, 0.2) is 18.1 Å². The molecule has 0 saturated heterocycles. The number of nitrogens with zero attached hydrogens (tertiary/aromatic N) is 1. The molecule has 8 heteroatoms. The number of carbonyl (C=O) groups is 2. The van der Waals surface area contributed by atoms with E-state index in [2.05, 4.69) is 10.6 Å². The zero-order valence-corrected chi connectivity index (χ0v) is 21.0. The molecule has 2 amide bonds. The van der Waals surface area contributed by atoms with Gasteiger partial charge in [-0.1, -0.05) is 41.9 Å². The minimum atomic E-state index is -0.554. The van der Waals surface area contributed by atoms with Gasteiger partial charge in [0.2, 0.25) is 0 Å². The second kappa shape index (κ2) is 12.4. The van der Waals surface area contributed by atoms with E-state index in [-0.39, 0.29) is 34.6 Å². The molecule has 0 unspecified atom stereocenters. The third-order valence-electron chi connectivity index (χ3n) is 5.27. The van der Waals surface area contributed by atoms with E-state index in [4.69, 9.17) is 21.1 Å². The lowest BCUT2D eigenvalue weighted by Gasteiger charge is -2.15. The molecule has 0 bridgehead atoms. The number of nitrogens with one attached hydrogen (secondary N) is 2. The van der Waals surface area contributed by atoms with Crippen molar-refractivity contribution < 1.29 is 19.1 Å². The number of para-hydroxylation sites is 1. The Balaban J connectivity index is 1.77.